The van der Waals surface area contributed by atoms with E-state index >= 15 is 0 Å². The summed E-state index contributed by atoms with van der Waals surface area (Å²) < 4.78 is 1.67. The van der Waals surface area contributed by atoms with Crippen LogP contribution in [0, 0.1) is 0 Å². The molecule has 5 nitrogen and oxygen atoms in total. The third-order valence-electron chi connectivity index (χ3n) is 2.57. The summed E-state index contributed by atoms with van der Waals surface area (Å²) in [5, 5.41) is 3.03. The molecule has 3 N–H and O–H groups in total. The van der Waals surface area contributed by atoms with E-state index in [2.05, 4.69) is 17.2 Å². The fourth-order valence-corrected chi connectivity index (χ4v) is 1.69. The van der Waals surface area contributed by atoms with Crippen molar-refractivity contribution < 1.29 is 0 Å². The number of nitrogens with two attached hydrogens (primary N) is 1. The number of anilines is 1. The second-order valence-electron chi connectivity index (χ2n) is 4.20. The van der Waals surface area contributed by atoms with Gasteiger partial charge in [-0.2, -0.15) is 0 Å². The first kappa shape index (κ1) is 13.7. The Morgan fingerprint density at radius 3 is 2.88 bits per heavy atom. The first-order chi connectivity index (χ1) is 8.19. The lowest BCUT2D eigenvalue weighted by Gasteiger charge is -2.12. The van der Waals surface area contributed by atoms with Crippen molar-refractivity contribution in [1.29, 1.82) is 0 Å². The Kier molecular flexibility index (Phi) is 5.69. The van der Waals surface area contributed by atoms with Crippen LogP contribution >= 0.6 is 0 Å². The Labute approximate surface area is 102 Å². The van der Waals surface area contributed by atoms with E-state index < -0.39 is 0 Å². The Morgan fingerprint density at radius 1 is 1.47 bits per heavy atom. The normalized spacial score (nSPS) is 12.4. The molecule has 0 spiro atoms. The summed E-state index contributed by atoms with van der Waals surface area (Å²) in [5.41, 5.74) is 5.81. The number of aromatic nitrogens is 2. The number of aryl methyl sites for hydroxylation is 1. The van der Waals surface area contributed by atoms with E-state index in [1.807, 2.05) is 6.92 Å². The third kappa shape index (κ3) is 4.19. The van der Waals surface area contributed by atoms with Crippen LogP contribution in [0.4, 0.5) is 5.82 Å². The highest BCUT2D eigenvalue weighted by Crippen LogP contribution is 1.97. The van der Waals surface area contributed by atoms with Crippen LogP contribution < -0.4 is 16.6 Å². The predicted octanol–water partition coefficient (Wildman–Crippen LogP) is 1.19. The van der Waals surface area contributed by atoms with Gasteiger partial charge in [-0.25, -0.2) is 4.98 Å². The van der Waals surface area contributed by atoms with Crippen LogP contribution in [-0.2, 0) is 6.54 Å². The van der Waals surface area contributed by atoms with Gasteiger partial charge in [0.2, 0.25) is 0 Å². The van der Waals surface area contributed by atoms with Gasteiger partial charge in [-0.05, 0) is 12.8 Å². The summed E-state index contributed by atoms with van der Waals surface area (Å²) >= 11 is 0. The average molecular weight is 238 g/mol. The lowest BCUT2D eigenvalue weighted by Crippen LogP contribution is -2.32. The first-order valence-electron chi connectivity index (χ1n) is 6.23. The minimum Gasteiger partial charge on any atom is -0.364 e. The van der Waals surface area contributed by atoms with Gasteiger partial charge in [-0.3, -0.25) is 4.79 Å². The number of hydrogen-bond donors (Lipinski definition) is 2. The zero-order valence-corrected chi connectivity index (χ0v) is 10.6. The highest BCUT2D eigenvalue weighted by molar-refractivity contribution is 5.30. The van der Waals surface area contributed by atoms with E-state index in [4.69, 9.17) is 5.73 Å². The van der Waals surface area contributed by atoms with E-state index in [0.717, 1.165) is 25.8 Å². The minimum atomic E-state index is -0.0713. The van der Waals surface area contributed by atoms with Gasteiger partial charge in [0.1, 0.15) is 0 Å². The van der Waals surface area contributed by atoms with E-state index in [1.54, 1.807) is 17.0 Å². The SMILES string of the molecule is CCCC(N)CNc1nccn(CCC)c1=O. The third-order valence-corrected chi connectivity index (χ3v) is 2.57. The predicted molar refractivity (Wildman–Crippen MR) is 70.2 cm³/mol. The Bertz CT molecular complexity index is 388. The molecule has 96 valence electrons. The minimum absolute atomic E-state index is 0.0704. The molecule has 1 heterocycles. The molecule has 1 atom stereocenters. The molecule has 0 aromatic carbocycles. The number of hydrogen-bond acceptors (Lipinski definition) is 4. The number of nitrogens with zero attached hydrogens (tertiary/aromatic N) is 2. The van der Waals surface area contributed by atoms with Crippen LogP contribution in [0.5, 0.6) is 0 Å². The van der Waals surface area contributed by atoms with Gasteiger partial charge in [0.05, 0.1) is 0 Å². The van der Waals surface area contributed by atoms with Crippen LogP contribution in [0.1, 0.15) is 33.1 Å². The summed E-state index contributed by atoms with van der Waals surface area (Å²) in [6.45, 7) is 5.44. The van der Waals surface area contributed by atoms with Crippen LogP contribution in [0.25, 0.3) is 0 Å². The summed E-state index contributed by atoms with van der Waals surface area (Å²) in [5.74, 6) is 0.396. The van der Waals surface area contributed by atoms with Gasteiger partial charge in [-0.1, -0.05) is 20.3 Å². The van der Waals surface area contributed by atoms with E-state index in [1.165, 1.54) is 0 Å². The zero-order chi connectivity index (χ0) is 12.7. The maximum Gasteiger partial charge on any atom is 0.293 e. The molecule has 0 aliphatic carbocycles. The molecule has 1 rings (SSSR count). The van der Waals surface area contributed by atoms with Crippen molar-refractivity contribution in [3.8, 4) is 0 Å². The summed E-state index contributed by atoms with van der Waals surface area (Å²) in [6, 6.07) is 0.0704. The second-order valence-corrected chi connectivity index (χ2v) is 4.20. The quantitative estimate of drug-likeness (QED) is 0.748. The first-order valence-corrected chi connectivity index (χ1v) is 6.23. The zero-order valence-electron chi connectivity index (χ0n) is 10.6. The van der Waals surface area contributed by atoms with Crippen molar-refractivity contribution in [2.24, 2.45) is 5.73 Å². The summed E-state index contributed by atoms with van der Waals surface area (Å²) in [7, 11) is 0. The number of rotatable bonds is 7. The Balaban J connectivity index is 2.65. The molecule has 0 aliphatic rings. The van der Waals surface area contributed by atoms with Gasteiger partial charge >= 0.3 is 0 Å². The Hall–Kier alpha value is -1.36. The summed E-state index contributed by atoms with van der Waals surface area (Å²) in [6.07, 6.45) is 6.28. The van der Waals surface area contributed by atoms with Crippen LogP contribution in [0.2, 0.25) is 0 Å². The van der Waals surface area contributed by atoms with Crippen LogP contribution in [0.3, 0.4) is 0 Å². The van der Waals surface area contributed by atoms with Gasteiger partial charge in [0.15, 0.2) is 5.82 Å². The van der Waals surface area contributed by atoms with Crippen LogP contribution in [0.15, 0.2) is 17.2 Å². The average Bonchev–Trinajstić information content (AvgIpc) is 2.31. The monoisotopic (exact) mass is 238 g/mol. The lowest BCUT2D eigenvalue weighted by atomic mass is 10.2. The molecule has 5 heteroatoms. The molecular weight excluding hydrogens is 216 g/mol. The lowest BCUT2D eigenvalue weighted by molar-refractivity contribution is 0.620. The molecule has 0 aliphatic heterocycles. The van der Waals surface area contributed by atoms with E-state index in [0.29, 0.717) is 12.4 Å². The van der Waals surface area contributed by atoms with Crippen molar-refractivity contribution in [3.63, 3.8) is 0 Å². The molecule has 0 bridgehead atoms. The van der Waals surface area contributed by atoms with Crippen molar-refractivity contribution >= 4 is 5.82 Å². The number of nitrogens with one attached hydrogen (secondary N) is 1. The molecular formula is C12H22N4O. The van der Waals surface area contributed by atoms with Crippen molar-refractivity contribution in [3.05, 3.63) is 22.7 Å². The molecule has 17 heavy (non-hydrogen) atoms. The van der Waals surface area contributed by atoms with Gasteiger partial charge in [-0.15, -0.1) is 0 Å². The Morgan fingerprint density at radius 2 is 2.24 bits per heavy atom. The molecule has 0 radical (unpaired) electrons. The molecule has 0 fully saturated rings. The molecule has 1 aromatic rings. The largest absolute Gasteiger partial charge is 0.364 e. The van der Waals surface area contributed by atoms with Crippen molar-refractivity contribution in [2.75, 3.05) is 11.9 Å². The molecule has 0 saturated carbocycles. The maximum absolute atomic E-state index is 11.9. The fraction of sp³-hybridized carbons (Fsp3) is 0.667. The molecule has 1 unspecified atom stereocenters. The standard InChI is InChI=1S/C12H22N4O/c1-3-5-10(13)9-15-11-12(17)16(7-4-2)8-6-14-11/h6,8,10H,3-5,7,9,13H2,1-2H3,(H,14,15). The second kappa shape index (κ2) is 7.06. The van der Waals surface area contributed by atoms with Gasteiger partial charge < -0.3 is 15.6 Å². The van der Waals surface area contributed by atoms with Gasteiger partial charge in [0, 0.05) is 31.5 Å². The summed E-state index contributed by atoms with van der Waals surface area (Å²) in [4.78, 5) is 16.0. The van der Waals surface area contributed by atoms with Gasteiger partial charge in [0.25, 0.3) is 5.56 Å². The van der Waals surface area contributed by atoms with Crippen LogP contribution in [-0.4, -0.2) is 22.1 Å². The smallest absolute Gasteiger partial charge is 0.293 e. The topological polar surface area (TPSA) is 72.9 Å². The van der Waals surface area contributed by atoms with Crippen molar-refractivity contribution in [2.45, 2.75) is 45.7 Å². The van der Waals surface area contributed by atoms with Crippen molar-refractivity contribution in [1.82, 2.24) is 9.55 Å². The molecule has 1 aromatic heterocycles. The molecule has 0 saturated heterocycles. The maximum atomic E-state index is 11.9. The molecule has 0 amide bonds. The highest BCUT2D eigenvalue weighted by Gasteiger charge is 2.06. The van der Waals surface area contributed by atoms with E-state index in [-0.39, 0.29) is 11.6 Å². The van der Waals surface area contributed by atoms with E-state index in [9.17, 15) is 4.79 Å². The fourth-order valence-electron chi connectivity index (χ4n) is 1.69. The highest BCUT2D eigenvalue weighted by atomic mass is 16.1.